The number of rotatable bonds is 5. The Morgan fingerprint density at radius 3 is 2.48 bits per heavy atom. The number of likely N-dealkylation sites (tertiary alicyclic amines) is 1. The highest BCUT2D eigenvalue weighted by molar-refractivity contribution is 5.93. The van der Waals surface area contributed by atoms with Crippen molar-refractivity contribution < 1.29 is 9.59 Å². The molecule has 2 aliphatic heterocycles. The number of nitrogens with zero attached hydrogens (tertiary/aromatic N) is 3. The summed E-state index contributed by atoms with van der Waals surface area (Å²) in [6.45, 7) is 5.55. The van der Waals surface area contributed by atoms with Crippen LogP contribution in [0.3, 0.4) is 0 Å². The number of nitrogens with one attached hydrogen (secondary N) is 1. The molecule has 1 aliphatic carbocycles. The van der Waals surface area contributed by atoms with Gasteiger partial charge in [-0.15, -0.1) is 0 Å². The number of amides is 1. The molecule has 6 nitrogen and oxygen atoms in total. The topological polar surface area (TPSA) is 65.5 Å². The number of pyridine rings is 1. The highest BCUT2D eigenvalue weighted by atomic mass is 16.2. The van der Waals surface area contributed by atoms with Crippen molar-refractivity contribution in [3.8, 4) is 0 Å². The third-order valence-corrected chi connectivity index (χ3v) is 6.21. The van der Waals surface area contributed by atoms with Gasteiger partial charge in [0, 0.05) is 43.5 Å². The first-order chi connectivity index (χ1) is 13.1. The van der Waals surface area contributed by atoms with E-state index in [2.05, 4.69) is 20.1 Å². The van der Waals surface area contributed by atoms with E-state index in [0.29, 0.717) is 17.6 Å². The van der Waals surface area contributed by atoms with Gasteiger partial charge in [0.1, 0.15) is 5.82 Å². The molecule has 2 saturated heterocycles. The van der Waals surface area contributed by atoms with E-state index in [1.807, 2.05) is 12.1 Å². The first-order valence-electron chi connectivity index (χ1n) is 10.4. The number of piperidine rings is 2. The highest BCUT2D eigenvalue weighted by Crippen LogP contribution is 2.27. The SMILES string of the molecule is CC(=O)c1ccc(N2CCC(N3CCC[C@H](C(=O)NC4CC4)C3)CC2)nc1. The molecule has 4 rings (SSSR count). The van der Waals surface area contributed by atoms with E-state index in [0.717, 1.165) is 70.5 Å². The molecule has 3 fully saturated rings. The minimum Gasteiger partial charge on any atom is -0.357 e. The Kier molecular flexibility index (Phi) is 5.43. The second-order valence-electron chi connectivity index (χ2n) is 8.30. The molecule has 0 unspecified atom stereocenters. The monoisotopic (exact) mass is 370 g/mol. The lowest BCUT2D eigenvalue weighted by molar-refractivity contribution is -0.127. The quantitative estimate of drug-likeness (QED) is 0.806. The smallest absolute Gasteiger partial charge is 0.224 e. The van der Waals surface area contributed by atoms with E-state index in [-0.39, 0.29) is 17.6 Å². The fourth-order valence-corrected chi connectivity index (χ4v) is 4.34. The summed E-state index contributed by atoms with van der Waals surface area (Å²) in [5.74, 6) is 1.45. The normalized spacial score (nSPS) is 24.6. The number of hydrogen-bond donors (Lipinski definition) is 1. The second-order valence-corrected chi connectivity index (χ2v) is 8.30. The summed E-state index contributed by atoms with van der Waals surface area (Å²) < 4.78 is 0. The predicted molar refractivity (Wildman–Crippen MR) is 105 cm³/mol. The highest BCUT2D eigenvalue weighted by Gasteiger charge is 2.33. The van der Waals surface area contributed by atoms with Crippen LogP contribution in [-0.4, -0.2) is 59.8 Å². The number of aromatic nitrogens is 1. The lowest BCUT2D eigenvalue weighted by atomic mass is 9.93. The van der Waals surface area contributed by atoms with Crippen LogP contribution in [-0.2, 0) is 4.79 Å². The van der Waals surface area contributed by atoms with Crippen LogP contribution in [0.1, 0.15) is 55.8 Å². The molecule has 0 spiro atoms. The fraction of sp³-hybridized carbons (Fsp3) is 0.667. The first-order valence-corrected chi connectivity index (χ1v) is 10.4. The maximum absolute atomic E-state index is 12.4. The molecule has 1 atom stereocenters. The van der Waals surface area contributed by atoms with Crippen molar-refractivity contribution in [2.45, 2.75) is 57.5 Å². The van der Waals surface area contributed by atoms with Crippen LogP contribution in [0.15, 0.2) is 18.3 Å². The molecule has 1 N–H and O–H groups in total. The maximum atomic E-state index is 12.4. The molecule has 1 amide bonds. The van der Waals surface area contributed by atoms with E-state index >= 15 is 0 Å². The first kappa shape index (κ1) is 18.4. The third kappa shape index (κ3) is 4.49. The fourth-order valence-electron chi connectivity index (χ4n) is 4.34. The van der Waals surface area contributed by atoms with Crippen LogP contribution in [0.25, 0.3) is 0 Å². The van der Waals surface area contributed by atoms with Gasteiger partial charge in [0.15, 0.2) is 5.78 Å². The standard InChI is InChI=1S/C21H30N4O2/c1-15(26)16-4-7-20(22-13-16)24-11-8-19(9-12-24)25-10-2-3-17(14-25)21(27)23-18-5-6-18/h4,7,13,17-19H,2-3,5-6,8-12,14H2,1H3,(H,23,27)/t17-/m0/s1. The van der Waals surface area contributed by atoms with Crippen molar-refractivity contribution in [1.29, 1.82) is 0 Å². The van der Waals surface area contributed by atoms with Gasteiger partial charge in [-0.3, -0.25) is 14.5 Å². The largest absolute Gasteiger partial charge is 0.357 e. The summed E-state index contributed by atoms with van der Waals surface area (Å²) in [4.78, 5) is 33.1. The second kappa shape index (κ2) is 7.97. The lowest BCUT2D eigenvalue weighted by Crippen LogP contribution is -2.51. The van der Waals surface area contributed by atoms with Crippen molar-refractivity contribution >= 4 is 17.5 Å². The van der Waals surface area contributed by atoms with Crippen LogP contribution in [0, 0.1) is 5.92 Å². The molecule has 1 saturated carbocycles. The Balaban J connectivity index is 1.29. The average molecular weight is 370 g/mol. The van der Waals surface area contributed by atoms with Crippen LogP contribution in [0.5, 0.6) is 0 Å². The average Bonchev–Trinajstić information content (AvgIpc) is 3.52. The molecule has 3 aliphatic rings. The van der Waals surface area contributed by atoms with Gasteiger partial charge in [0.2, 0.25) is 5.91 Å². The van der Waals surface area contributed by atoms with Crippen LogP contribution in [0.4, 0.5) is 5.82 Å². The van der Waals surface area contributed by atoms with E-state index in [1.54, 1.807) is 13.1 Å². The molecule has 0 aromatic carbocycles. The zero-order valence-electron chi connectivity index (χ0n) is 16.2. The number of ketones is 1. The molecule has 146 valence electrons. The zero-order valence-corrected chi connectivity index (χ0v) is 16.2. The van der Waals surface area contributed by atoms with Crippen molar-refractivity contribution in [3.63, 3.8) is 0 Å². The molecule has 1 aromatic heterocycles. The van der Waals surface area contributed by atoms with Crippen molar-refractivity contribution in [2.75, 3.05) is 31.1 Å². The van der Waals surface area contributed by atoms with E-state index < -0.39 is 0 Å². The molecule has 6 heteroatoms. The van der Waals surface area contributed by atoms with Gasteiger partial charge in [-0.1, -0.05) is 0 Å². The minimum atomic E-state index is 0.0538. The van der Waals surface area contributed by atoms with E-state index in [9.17, 15) is 9.59 Å². The van der Waals surface area contributed by atoms with Gasteiger partial charge in [-0.05, 0) is 64.1 Å². The number of Topliss-reactive ketones (excluding diaryl/α,β-unsaturated/α-hetero) is 1. The number of carbonyl (C=O) groups excluding carboxylic acids is 2. The summed E-state index contributed by atoms with van der Waals surface area (Å²) in [5.41, 5.74) is 0.664. The van der Waals surface area contributed by atoms with Crippen LogP contribution in [0.2, 0.25) is 0 Å². The van der Waals surface area contributed by atoms with E-state index in [1.165, 1.54) is 0 Å². The summed E-state index contributed by atoms with van der Waals surface area (Å²) in [7, 11) is 0. The molecule has 1 aromatic rings. The van der Waals surface area contributed by atoms with Gasteiger partial charge in [-0.25, -0.2) is 4.98 Å². The molecule has 0 bridgehead atoms. The molecular weight excluding hydrogens is 340 g/mol. The van der Waals surface area contributed by atoms with Gasteiger partial charge < -0.3 is 10.2 Å². The molecule has 3 heterocycles. The Morgan fingerprint density at radius 2 is 1.85 bits per heavy atom. The van der Waals surface area contributed by atoms with Crippen molar-refractivity contribution in [3.05, 3.63) is 23.9 Å². The minimum absolute atomic E-state index is 0.0538. The van der Waals surface area contributed by atoms with Gasteiger partial charge >= 0.3 is 0 Å². The Labute approximate surface area is 161 Å². The zero-order chi connectivity index (χ0) is 18.8. The predicted octanol–water partition coefficient (Wildman–Crippen LogP) is 2.24. The number of anilines is 1. The number of hydrogen-bond acceptors (Lipinski definition) is 5. The Morgan fingerprint density at radius 1 is 1.07 bits per heavy atom. The lowest BCUT2D eigenvalue weighted by Gasteiger charge is -2.42. The van der Waals surface area contributed by atoms with Crippen LogP contribution < -0.4 is 10.2 Å². The van der Waals surface area contributed by atoms with Crippen LogP contribution >= 0.6 is 0 Å². The Bertz CT molecular complexity index is 678. The molecule has 0 radical (unpaired) electrons. The Hall–Kier alpha value is -1.95. The summed E-state index contributed by atoms with van der Waals surface area (Å²) >= 11 is 0. The molecule has 27 heavy (non-hydrogen) atoms. The van der Waals surface area contributed by atoms with E-state index in [4.69, 9.17) is 0 Å². The summed E-state index contributed by atoms with van der Waals surface area (Å²) in [6.07, 6.45) is 8.35. The van der Waals surface area contributed by atoms with Gasteiger partial charge in [0.05, 0.1) is 5.92 Å². The van der Waals surface area contributed by atoms with Gasteiger partial charge in [-0.2, -0.15) is 0 Å². The summed E-state index contributed by atoms with van der Waals surface area (Å²) in [5, 5.41) is 3.18. The van der Waals surface area contributed by atoms with Crippen molar-refractivity contribution in [1.82, 2.24) is 15.2 Å². The number of carbonyl (C=O) groups is 2. The molecular formula is C21H30N4O2. The third-order valence-electron chi connectivity index (χ3n) is 6.21. The summed E-state index contributed by atoms with van der Waals surface area (Å²) in [6, 6.07) is 4.84. The van der Waals surface area contributed by atoms with Crippen molar-refractivity contribution in [2.24, 2.45) is 5.92 Å². The van der Waals surface area contributed by atoms with Gasteiger partial charge in [0.25, 0.3) is 0 Å². The maximum Gasteiger partial charge on any atom is 0.224 e.